The molecule has 0 aromatic rings. The van der Waals surface area contributed by atoms with Crippen molar-refractivity contribution in [3.05, 3.63) is 0 Å². The predicted octanol–water partition coefficient (Wildman–Crippen LogP) is 1.30. The molecule has 1 heterocycles. The summed E-state index contributed by atoms with van der Waals surface area (Å²) < 4.78 is 0. The number of hydrogen-bond acceptors (Lipinski definition) is 4. The van der Waals surface area contributed by atoms with Gasteiger partial charge in [-0.3, -0.25) is 9.69 Å². The predicted molar refractivity (Wildman–Crippen MR) is 100 cm³/mol. The molecule has 1 saturated heterocycles. The molecule has 2 aliphatic carbocycles. The topological polar surface area (TPSA) is 76.1 Å². The Morgan fingerprint density at radius 3 is 2.46 bits per heavy atom. The van der Waals surface area contributed by atoms with Crippen molar-refractivity contribution in [2.75, 3.05) is 46.3 Å². The molecule has 0 aromatic carbocycles. The first-order valence-corrected chi connectivity index (χ1v) is 10.1. The van der Waals surface area contributed by atoms with Gasteiger partial charge < -0.3 is 20.2 Å². The average Bonchev–Trinajstić information content (AvgIpc) is 3.23. The summed E-state index contributed by atoms with van der Waals surface area (Å²) in [7, 11) is 2.20. The number of rotatable bonds is 9. The summed E-state index contributed by atoms with van der Waals surface area (Å²) in [5, 5.41) is 12.1. The quantitative estimate of drug-likeness (QED) is 0.643. The van der Waals surface area contributed by atoms with E-state index in [2.05, 4.69) is 17.3 Å². The molecule has 2 saturated carbocycles. The summed E-state index contributed by atoms with van der Waals surface area (Å²) in [5.41, 5.74) is 0. The number of nitrogens with zero attached hydrogens (tertiary/aromatic N) is 3. The lowest BCUT2D eigenvalue weighted by Crippen LogP contribution is -2.56. The molecule has 3 rings (SSSR count). The molecule has 2 N–H and O–H groups in total. The second-order valence-electron chi connectivity index (χ2n) is 8.49. The highest BCUT2D eigenvalue weighted by Gasteiger charge is 2.36. The number of hydrogen-bond donors (Lipinski definition) is 2. The zero-order valence-corrected chi connectivity index (χ0v) is 16.2. The third kappa shape index (κ3) is 5.33. The van der Waals surface area contributed by atoms with Gasteiger partial charge in [0.2, 0.25) is 0 Å². The SMILES string of the molecule is CCN(CC(=O)O)C1CC(NC(=O)N2CCC(CN(C)CC3CC3)C2)C1. The number of amides is 2. The van der Waals surface area contributed by atoms with Gasteiger partial charge in [0, 0.05) is 38.3 Å². The van der Waals surface area contributed by atoms with Crippen LogP contribution in [0.5, 0.6) is 0 Å². The summed E-state index contributed by atoms with van der Waals surface area (Å²) in [6.07, 6.45) is 5.57. The van der Waals surface area contributed by atoms with Crippen molar-refractivity contribution in [3.63, 3.8) is 0 Å². The minimum absolute atomic E-state index is 0.0575. The third-order valence-electron chi connectivity index (χ3n) is 6.11. The van der Waals surface area contributed by atoms with Crippen molar-refractivity contribution in [3.8, 4) is 0 Å². The number of carboxylic acid groups (broad SMARTS) is 1. The fourth-order valence-corrected chi connectivity index (χ4v) is 4.37. The largest absolute Gasteiger partial charge is 0.480 e. The van der Waals surface area contributed by atoms with E-state index in [1.54, 1.807) is 0 Å². The Kier molecular flexibility index (Phi) is 6.40. The highest BCUT2D eigenvalue weighted by molar-refractivity contribution is 5.75. The number of carboxylic acids is 1. The van der Waals surface area contributed by atoms with Gasteiger partial charge in [-0.05, 0) is 57.5 Å². The number of carbonyl (C=O) groups is 2. The normalized spacial score (nSPS) is 28.5. The molecule has 3 fully saturated rings. The molecule has 2 amide bonds. The summed E-state index contributed by atoms with van der Waals surface area (Å²) >= 11 is 0. The van der Waals surface area contributed by atoms with E-state index in [0.29, 0.717) is 5.92 Å². The Bertz CT molecular complexity index is 505. The Morgan fingerprint density at radius 1 is 1.15 bits per heavy atom. The van der Waals surface area contributed by atoms with Crippen LogP contribution in [0, 0.1) is 11.8 Å². The molecular weight excluding hydrogens is 332 g/mol. The van der Waals surface area contributed by atoms with Crippen LogP contribution in [0.3, 0.4) is 0 Å². The van der Waals surface area contributed by atoms with Gasteiger partial charge in [-0.25, -0.2) is 4.79 Å². The van der Waals surface area contributed by atoms with Gasteiger partial charge in [0.25, 0.3) is 0 Å². The average molecular weight is 367 g/mol. The fraction of sp³-hybridized carbons (Fsp3) is 0.895. The Hall–Kier alpha value is -1.34. The molecule has 0 spiro atoms. The first-order valence-electron chi connectivity index (χ1n) is 10.1. The van der Waals surface area contributed by atoms with Crippen molar-refractivity contribution in [1.29, 1.82) is 0 Å². The van der Waals surface area contributed by atoms with Crippen LogP contribution in [-0.4, -0.2) is 90.2 Å². The van der Waals surface area contributed by atoms with Crippen LogP contribution in [-0.2, 0) is 4.79 Å². The molecule has 7 nitrogen and oxygen atoms in total. The second kappa shape index (κ2) is 8.57. The molecule has 1 aliphatic heterocycles. The van der Waals surface area contributed by atoms with Gasteiger partial charge in [-0.2, -0.15) is 0 Å². The van der Waals surface area contributed by atoms with E-state index in [1.165, 1.54) is 19.4 Å². The molecule has 1 unspecified atom stereocenters. The van der Waals surface area contributed by atoms with Gasteiger partial charge in [-0.1, -0.05) is 6.92 Å². The van der Waals surface area contributed by atoms with Crippen molar-refractivity contribution >= 4 is 12.0 Å². The maximum Gasteiger partial charge on any atom is 0.317 e. The van der Waals surface area contributed by atoms with Crippen molar-refractivity contribution < 1.29 is 14.7 Å². The van der Waals surface area contributed by atoms with Crippen LogP contribution in [0.2, 0.25) is 0 Å². The minimum Gasteiger partial charge on any atom is -0.480 e. The number of likely N-dealkylation sites (N-methyl/N-ethyl adjacent to an activating group) is 1. The zero-order chi connectivity index (χ0) is 18.7. The van der Waals surface area contributed by atoms with Gasteiger partial charge in [0.15, 0.2) is 0 Å². The lowest BCUT2D eigenvalue weighted by Gasteiger charge is -2.42. The van der Waals surface area contributed by atoms with E-state index in [4.69, 9.17) is 5.11 Å². The second-order valence-corrected chi connectivity index (χ2v) is 8.49. The molecule has 0 aromatic heterocycles. The fourth-order valence-electron chi connectivity index (χ4n) is 4.37. The summed E-state index contributed by atoms with van der Waals surface area (Å²) in [5.74, 6) is 0.718. The number of aliphatic carboxylic acids is 1. The van der Waals surface area contributed by atoms with Crippen LogP contribution in [0.15, 0.2) is 0 Å². The number of nitrogens with one attached hydrogen (secondary N) is 1. The molecule has 0 radical (unpaired) electrons. The number of carbonyl (C=O) groups excluding carboxylic acids is 1. The first-order chi connectivity index (χ1) is 12.4. The number of urea groups is 1. The van der Waals surface area contributed by atoms with Gasteiger partial charge >= 0.3 is 12.0 Å². The maximum atomic E-state index is 12.5. The van der Waals surface area contributed by atoms with E-state index in [9.17, 15) is 9.59 Å². The van der Waals surface area contributed by atoms with E-state index in [0.717, 1.165) is 51.4 Å². The highest BCUT2D eigenvalue weighted by Crippen LogP contribution is 2.30. The summed E-state index contributed by atoms with van der Waals surface area (Å²) in [6, 6.07) is 0.526. The molecule has 7 heteroatoms. The van der Waals surface area contributed by atoms with Crippen LogP contribution in [0.4, 0.5) is 4.79 Å². The monoisotopic (exact) mass is 366 g/mol. The van der Waals surface area contributed by atoms with Gasteiger partial charge in [0.1, 0.15) is 0 Å². The van der Waals surface area contributed by atoms with E-state index in [1.807, 2.05) is 16.7 Å². The van der Waals surface area contributed by atoms with Crippen LogP contribution < -0.4 is 5.32 Å². The molecular formula is C19H34N4O3. The molecule has 0 bridgehead atoms. The van der Waals surface area contributed by atoms with Gasteiger partial charge in [0.05, 0.1) is 6.54 Å². The van der Waals surface area contributed by atoms with E-state index in [-0.39, 0.29) is 24.7 Å². The molecule has 3 aliphatic rings. The number of likely N-dealkylation sites (tertiary alicyclic amines) is 1. The standard InChI is InChI=1S/C19H34N4O3/c1-3-22(13-18(24)25)17-8-16(9-17)20-19(26)23-7-6-15(12-23)11-21(2)10-14-4-5-14/h14-17H,3-13H2,1-2H3,(H,20,26)(H,24,25). The summed E-state index contributed by atoms with van der Waals surface area (Å²) in [4.78, 5) is 29.7. The lowest BCUT2D eigenvalue weighted by molar-refractivity contribution is -0.139. The highest BCUT2D eigenvalue weighted by atomic mass is 16.4. The molecule has 26 heavy (non-hydrogen) atoms. The third-order valence-corrected chi connectivity index (χ3v) is 6.11. The van der Waals surface area contributed by atoms with Gasteiger partial charge in [-0.15, -0.1) is 0 Å². The van der Waals surface area contributed by atoms with Crippen molar-refractivity contribution in [1.82, 2.24) is 20.0 Å². The maximum absolute atomic E-state index is 12.5. The Balaban J connectivity index is 1.33. The van der Waals surface area contributed by atoms with Crippen LogP contribution in [0.1, 0.15) is 39.0 Å². The molecule has 1 atom stereocenters. The van der Waals surface area contributed by atoms with E-state index < -0.39 is 5.97 Å². The smallest absolute Gasteiger partial charge is 0.317 e. The lowest BCUT2D eigenvalue weighted by atomic mass is 9.85. The van der Waals surface area contributed by atoms with E-state index >= 15 is 0 Å². The molecule has 148 valence electrons. The van der Waals surface area contributed by atoms with Crippen LogP contribution in [0.25, 0.3) is 0 Å². The Morgan fingerprint density at radius 2 is 1.85 bits per heavy atom. The zero-order valence-electron chi connectivity index (χ0n) is 16.2. The Labute approximate surface area is 156 Å². The van der Waals surface area contributed by atoms with Crippen molar-refractivity contribution in [2.24, 2.45) is 11.8 Å². The van der Waals surface area contributed by atoms with Crippen LogP contribution >= 0.6 is 0 Å². The first kappa shape index (κ1) is 19.4. The minimum atomic E-state index is -0.783. The summed E-state index contributed by atoms with van der Waals surface area (Å²) in [6.45, 7) is 6.81. The van der Waals surface area contributed by atoms with Crippen molar-refractivity contribution in [2.45, 2.75) is 51.1 Å².